The summed E-state index contributed by atoms with van der Waals surface area (Å²) < 4.78 is 1.89. The van der Waals surface area contributed by atoms with Crippen molar-refractivity contribution in [3.05, 3.63) is 30.0 Å². The first-order chi connectivity index (χ1) is 13.4. The fraction of sp³-hybridized carbons (Fsp3) is 0.545. The number of fused-ring (bicyclic) bond motifs is 3. The second-order valence-corrected chi connectivity index (χ2v) is 8.53. The van der Waals surface area contributed by atoms with Gasteiger partial charge in [-0.2, -0.15) is 5.10 Å². The molecule has 0 spiro atoms. The summed E-state index contributed by atoms with van der Waals surface area (Å²) in [6, 6.07) is 6.52. The van der Waals surface area contributed by atoms with E-state index in [0.717, 1.165) is 41.3 Å². The second-order valence-electron chi connectivity index (χ2n) is 8.53. The molecule has 2 aromatic heterocycles. The first-order valence-corrected chi connectivity index (χ1v) is 10.4. The van der Waals surface area contributed by atoms with Crippen LogP contribution in [0.25, 0.3) is 21.8 Å². The Balaban J connectivity index is 1.67. The molecule has 6 heteroatoms. The van der Waals surface area contributed by atoms with Crippen molar-refractivity contribution in [2.75, 3.05) is 18.8 Å². The molecule has 2 heterocycles. The van der Waals surface area contributed by atoms with Crippen molar-refractivity contribution in [1.82, 2.24) is 25.4 Å². The zero-order valence-electron chi connectivity index (χ0n) is 17.7. The number of hydrogen-bond donors (Lipinski definition) is 3. The van der Waals surface area contributed by atoms with Gasteiger partial charge in [-0.1, -0.05) is 25.5 Å². The van der Waals surface area contributed by atoms with Crippen molar-refractivity contribution in [3.8, 4) is 0 Å². The van der Waals surface area contributed by atoms with E-state index in [1.807, 2.05) is 10.9 Å². The van der Waals surface area contributed by atoms with Crippen LogP contribution in [0.4, 0.5) is 5.82 Å². The molecular formula is C22H34N6. The monoisotopic (exact) mass is 382 g/mol. The Morgan fingerprint density at radius 2 is 1.93 bits per heavy atom. The molecule has 0 atom stereocenters. The lowest BCUT2D eigenvalue weighted by Crippen LogP contribution is -2.36. The first kappa shape index (κ1) is 20.6. The Morgan fingerprint density at radius 3 is 2.68 bits per heavy atom. The van der Waals surface area contributed by atoms with E-state index >= 15 is 0 Å². The van der Waals surface area contributed by atoms with Crippen LogP contribution in [0, 0.1) is 0 Å². The highest BCUT2D eigenvalue weighted by Gasteiger charge is 2.11. The van der Waals surface area contributed by atoms with Gasteiger partial charge < -0.3 is 11.1 Å². The van der Waals surface area contributed by atoms with Crippen molar-refractivity contribution in [3.63, 3.8) is 0 Å². The van der Waals surface area contributed by atoms with Gasteiger partial charge in [0.15, 0.2) is 0 Å². The van der Waals surface area contributed by atoms with Gasteiger partial charge in [-0.15, -0.1) is 0 Å². The van der Waals surface area contributed by atoms with E-state index in [1.54, 1.807) is 0 Å². The average Bonchev–Trinajstić information content (AvgIpc) is 3.07. The van der Waals surface area contributed by atoms with E-state index in [-0.39, 0.29) is 5.54 Å². The number of nitrogens with two attached hydrogens (primary N) is 1. The fourth-order valence-corrected chi connectivity index (χ4v) is 3.42. The third kappa shape index (κ3) is 5.20. The zero-order valence-corrected chi connectivity index (χ0v) is 17.7. The van der Waals surface area contributed by atoms with Gasteiger partial charge in [-0.25, -0.2) is 4.98 Å². The molecule has 0 saturated carbocycles. The van der Waals surface area contributed by atoms with Gasteiger partial charge in [0.1, 0.15) is 11.3 Å². The summed E-state index contributed by atoms with van der Waals surface area (Å²) in [5.41, 5.74) is 9.60. The second kappa shape index (κ2) is 8.88. The van der Waals surface area contributed by atoms with Crippen LogP contribution in [0.3, 0.4) is 0 Å². The number of unbranched alkanes of at least 4 members (excludes halogenated alkanes) is 2. The number of nitrogens with zero attached hydrogens (tertiary/aromatic N) is 3. The average molecular weight is 383 g/mol. The van der Waals surface area contributed by atoms with E-state index in [1.165, 1.54) is 24.8 Å². The van der Waals surface area contributed by atoms with Crippen molar-refractivity contribution in [2.45, 2.75) is 65.6 Å². The lowest BCUT2D eigenvalue weighted by molar-refractivity contribution is 0.417. The summed E-state index contributed by atoms with van der Waals surface area (Å²) in [6.07, 6.45) is 6.66. The quantitative estimate of drug-likeness (QED) is 0.490. The lowest BCUT2D eigenvalue weighted by atomic mass is 10.0. The van der Waals surface area contributed by atoms with E-state index in [2.05, 4.69) is 61.5 Å². The normalized spacial score (nSPS) is 12.3. The van der Waals surface area contributed by atoms with Crippen LogP contribution in [0.15, 0.2) is 24.4 Å². The Morgan fingerprint density at radius 1 is 1.11 bits per heavy atom. The highest BCUT2D eigenvalue weighted by atomic mass is 15.3. The van der Waals surface area contributed by atoms with E-state index in [9.17, 15) is 0 Å². The minimum absolute atomic E-state index is 0.203. The SMILES string of the molecule is CCNCn1cc2c(N)nc3cc(CCCCCNC(C)(C)C)ccc3c2n1. The maximum Gasteiger partial charge on any atom is 0.135 e. The zero-order chi connectivity index (χ0) is 20.1. The molecule has 0 fully saturated rings. The number of nitrogens with one attached hydrogen (secondary N) is 2. The lowest BCUT2D eigenvalue weighted by Gasteiger charge is -2.20. The third-order valence-electron chi connectivity index (χ3n) is 4.92. The predicted octanol–water partition coefficient (Wildman–Crippen LogP) is 3.83. The van der Waals surface area contributed by atoms with Crippen molar-refractivity contribution < 1.29 is 0 Å². The summed E-state index contributed by atoms with van der Waals surface area (Å²) in [5.74, 6) is 0.552. The highest BCUT2D eigenvalue weighted by Crippen LogP contribution is 2.27. The van der Waals surface area contributed by atoms with Crippen LogP contribution >= 0.6 is 0 Å². The van der Waals surface area contributed by atoms with Gasteiger partial charge in [0.2, 0.25) is 0 Å². The molecule has 3 rings (SSSR count). The number of anilines is 1. The smallest absolute Gasteiger partial charge is 0.135 e. The number of hydrogen-bond acceptors (Lipinski definition) is 5. The van der Waals surface area contributed by atoms with Crippen molar-refractivity contribution in [1.29, 1.82) is 0 Å². The summed E-state index contributed by atoms with van der Waals surface area (Å²) in [4.78, 5) is 4.64. The molecule has 0 radical (unpaired) electrons. The van der Waals surface area contributed by atoms with E-state index in [4.69, 9.17) is 10.8 Å². The molecule has 6 nitrogen and oxygen atoms in total. The van der Waals surface area contributed by atoms with Gasteiger partial charge in [-0.3, -0.25) is 10.00 Å². The minimum Gasteiger partial charge on any atom is -0.383 e. The third-order valence-corrected chi connectivity index (χ3v) is 4.92. The molecule has 0 aliphatic rings. The maximum absolute atomic E-state index is 6.21. The van der Waals surface area contributed by atoms with Crippen LogP contribution in [0.5, 0.6) is 0 Å². The molecule has 28 heavy (non-hydrogen) atoms. The van der Waals surface area contributed by atoms with Gasteiger partial charge in [0, 0.05) is 17.1 Å². The van der Waals surface area contributed by atoms with Gasteiger partial charge >= 0.3 is 0 Å². The standard InChI is InChI=1S/C22H34N6/c1-5-24-15-28-14-18-20(27-28)17-11-10-16(13-19(17)26-21(18)23)9-7-6-8-12-25-22(2,3)4/h10-11,13-14,24-25H,5-9,12,15H2,1-4H3,(H2,23,26). The summed E-state index contributed by atoms with van der Waals surface area (Å²) in [5, 5.41) is 13.5. The Bertz CT molecular complexity index is 922. The largest absolute Gasteiger partial charge is 0.383 e. The Kier molecular flexibility index (Phi) is 6.52. The Labute approximate surface area is 167 Å². The van der Waals surface area contributed by atoms with Crippen LogP contribution < -0.4 is 16.4 Å². The van der Waals surface area contributed by atoms with Crippen LogP contribution in [-0.2, 0) is 13.1 Å². The summed E-state index contributed by atoms with van der Waals surface area (Å²) >= 11 is 0. The molecule has 0 aliphatic carbocycles. The summed E-state index contributed by atoms with van der Waals surface area (Å²) in [7, 11) is 0. The molecule has 0 unspecified atom stereocenters. The number of aryl methyl sites for hydroxylation is 1. The predicted molar refractivity (Wildman–Crippen MR) is 118 cm³/mol. The van der Waals surface area contributed by atoms with Crippen molar-refractivity contribution in [2.24, 2.45) is 0 Å². The molecule has 152 valence electrons. The van der Waals surface area contributed by atoms with Gasteiger partial charge in [0.05, 0.1) is 17.6 Å². The fourth-order valence-electron chi connectivity index (χ4n) is 3.42. The van der Waals surface area contributed by atoms with Crippen LogP contribution in [-0.4, -0.2) is 33.4 Å². The molecule has 0 bridgehead atoms. The molecule has 0 aliphatic heterocycles. The highest BCUT2D eigenvalue weighted by molar-refractivity contribution is 6.07. The molecule has 1 aromatic carbocycles. The minimum atomic E-state index is 0.203. The number of pyridine rings is 1. The van der Waals surface area contributed by atoms with Gasteiger partial charge in [0.25, 0.3) is 0 Å². The number of aromatic nitrogens is 3. The van der Waals surface area contributed by atoms with E-state index < -0.39 is 0 Å². The first-order valence-electron chi connectivity index (χ1n) is 10.4. The molecule has 4 N–H and O–H groups in total. The number of rotatable bonds is 9. The number of nitrogen functional groups attached to an aromatic ring is 1. The number of benzene rings is 1. The molecular weight excluding hydrogens is 348 g/mol. The molecule has 3 aromatic rings. The maximum atomic E-state index is 6.21. The van der Waals surface area contributed by atoms with Crippen LogP contribution in [0.1, 0.15) is 52.5 Å². The van der Waals surface area contributed by atoms with E-state index in [0.29, 0.717) is 12.5 Å². The summed E-state index contributed by atoms with van der Waals surface area (Å²) in [6.45, 7) is 11.4. The topological polar surface area (TPSA) is 80.8 Å². The van der Waals surface area contributed by atoms with Crippen molar-refractivity contribution >= 4 is 27.6 Å². The van der Waals surface area contributed by atoms with Crippen LogP contribution in [0.2, 0.25) is 0 Å². The Hall–Kier alpha value is -2.18. The molecule has 0 saturated heterocycles. The van der Waals surface area contributed by atoms with Gasteiger partial charge in [-0.05, 0) is 64.8 Å². The molecule has 0 amide bonds.